The lowest BCUT2D eigenvalue weighted by Gasteiger charge is -2.41. The lowest BCUT2D eigenvalue weighted by molar-refractivity contribution is -0.117. The summed E-state index contributed by atoms with van der Waals surface area (Å²) in [5.41, 5.74) is 2.50. The predicted octanol–water partition coefficient (Wildman–Crippen LogP) is 5.05. The Labute approximate surface area is 219 Å². The highest BCUT2D eigenvalue weighted by Gasteiger charge is 2.35. The summed E-state index contributed by atoms with van der Waals surface area (Å²) in [6.45, 7) is 10.6. The summed E-state index contributed by atoms with van der Waals surface area (Å²) in [7, 11) is -3.41. The van der Waals surface area contributed by atoms with Crippen molar-refractivity contribution in [3.8, 4) is 11.1 Å². The van der Waals surface area contributed by atoms with E-state index >= 15 is 0 Å². The molecular weight excluding hydrogens is 492 g/mol. The molecule has 2 aliphatic heterocycles. The topological polar surface area (TPSA) is 93.2 Å². The van der Waals surface area contributed by atoms with Gasteiger partial charge in [0, 0.05) is 26.3 Å². The molecule has 4 rings (SSSR count). The fraction of sp³-hybridized carbons (Fsp3) is 0.500. The number of hydrogen-bond acceptors (Lipinski definition) is 6. The smallest absolute Gasteiger partial charge is 0.414 e. The molecular formula is C28H36N2O6S. The van der Waals surface area contributed by atoms with Crippen molar-refractivity contribution in [2.45, 2.75) is 64.5 Å². The molecule has 1 atom stereocenters. The summed E-state index contributed by atoms with van der Waals surface area (Å²) in [6.07, 6.45) is 0.679. The van der Waals surface area contributed by atoms with Crippen LogP contribution in [0.5, 0.6) is 0 Å². The van der Waals surface area contributed by atoms with Gasteiger partial charge in [0.1, 0.15) is 6.10 Å². The van der Waals surface area contributed by atoms with Crippen LogP contribution < -0.4 is 9.80 Å². The SMILES string of the molecule is CC(=O)N1c2ccc(-c3ccc(S(=O)(=O)CC(C)(C)C)cc3)cc2N(C(=O)OC2CCOCC2)C[C@@H]1C. The fourth-order valence-electron chi connectivity index (χ4n) is 4.97. The van der Waals surface area contributed by atoms with Crippen molar-refractivity contribution in [3.63, 3.8) is 0 Å². The molecule has 0 unspecified atom stereocenters. The minimum absolute atomic E-state index is 0.0570. The molecule has 2 heterocycles. The van der Waals surface area contributed by atoms with Gasteiger partial charge in [-0.2, -0.15) is 0 Å². The van der Waals surface area contributed by atoms with Crippen molar-refractivity contribution in [1.29, 1.82) is 0 Å². The molecule has 2 aliphatic rings. The highest BCUT2D eigenvalue weighted by molar-refractivity contribution is 7.91. The number of amides is 2. The number of rotatable bonds is 4. The Kier molecular flexibility index (Phi) is 7.67. The number of ether oxygens (including phenoxy) is 2. The number of anilines is 2. The average Bonchev–Trinajstić information content (AvgIpc) is 2.82. The van der Waals surface area contributed by atoms with Gasteiger partial charge in [-0.15, -0.1) is 0 Å². The van der Waals surface area contributed by atoms with Crippen LogP contribution in [-0.4, -0.2) is 58.1 Å². The van der Waals surface area contributed by atoms with Crippen LogP contribution in [0.25, 0.3) is 11.1 Å². The zero-order valence-corrected chi connectivity index (χ0v) is 23.0. The monoisotopic (exact) mass is 528 g/mol. The molecule has 0 aromatic heterocycles. The van der Waals surface area contributed by atoms with Crippen LogP contribution in [0.15, 0.2) is 47.4 Å². The third-order valence-electron chi connectivity index (χ3n) is 6.58. The largest absolute Gasteiger partial charge is 0.446 e. The summed E-state index contributed by atoms with van der Waals surface area (Å²) in [5, 5.41) is 0. The van der Waals surface area contributed by atoms with Crippen molar-refractivity contribution in [2.24, 2.45) is 5.41 Å². The van der Waals surface area contributed by atoms with Crippen LogP contribution in [0.2, 0.25) is 0 Å². The van der Waals surface area contributed by atoms with E-state index < -0.39 is 15.9 Å². The first-order valence-corrected chi connectivity index (χ1v) is 14.3. The molecule has 0 N–H and O–H groups in total. The number of carbonyl (C=O) groups is 2. The Morgan fingerprint density at radius 3 is 2.22 bits per heavy atom. The number of hydrogen-bond donors (Lipinski definition) is 0. The number of carbonyl (C=O) groups excluding carboxylic acids is 2. The summed E-state index contributed by atoms with van der Waals surface area (Å²) < 4.78 is 36.8. The summed E-state index contributed by atoms with van der Waals surface area (Å²) in [5.74, 6) is -0.0473. The van der Waals surface area contributed by atoms with E-state index in [1.54, 1.807) is 34.1 Å². The number of fused-ring (bicyclic) bond motifs is 1. The van der Waals surface area contributed by atoms with Crippen molar-refractivity contribution >= 4 is 33.2 Å². The second-order valence-electron chi connectivity index (χ2n) is 11.1. The first-order valence-electron chi connectivity index (χ1n) is 12.7. The molecule has 9 heteroatoms. The van der Waals surface area contributed by atoms with Crippen LogP contribution in [0.4, 0.5) is 16.2 Å². The Morgan fingerprint density at radius 1 is 1.00 bits per heavy atom. The van der Waals surface area contributed by atoms with E-state index in [1.165, 1.54) is 6.92 Å². The lowest BCUT2D eigenvalue weighted by Crippen LogP contribution is -2.52. The van der Waals surface area contributed by atoms with Crippen LogP contribution in [0, 0.1) is 5.41 Å². The van der Waals surface area contributed by atoms with E-state index in [0.717, 1.165) is 11.1 Å². The normalized spacial score (nSPS) is 18.9. The van der Waals surface area contributed by atoms with Crippen LogP contribution in [0.3, 0.4) is 0 Å². The van der Waals surface area contributed by atoms with E-state index in [2.05, 4.69) is 0 Å². The highest BCUT2D eigenvalue weighted by Crippen LogP contribution is 2.39. The van der Waals surface area contributed by atoms with Gasteiger partial charge in [0.15, 0.2) is 9.84 Å². The standard InChI is InChI=1S/C28H36N2O6S/c1-19-17-29(27(32)36-23-12-14-35-15-13-23)26-16-22(8-11-25(26)30(19)20(2)31)21-6-9-24(10-7-21)37(33,34)18-28(3,4)5/h6-11,16,19,23H,12-15,17-18H2,1-5H3/t19-/m0/s1. The van der Waals surface area contributed by atoms with E-state index in [-0.39, 0.29) is 34.1 Å². The van der Waals surface area contributed by atoms with Crippen molar-refractivity contribution in [3.05, 3.63) is 42.5 Å². The van der Waals surface area contributed by atoms with Gasteiger partial charge in [-0.05, 0) is 47.7 Å². The molecule has 200 valence electrons. The van der Waals surface area contributed by atoms with E-state index in [9.17, 15) is 18.0 Å². The van der Waals surface area contributed by atoms with Crippen LogP contribution in [0.1, 0.15) is 47.5 Å². The van der Waals surface area contributed by atoms with E-state index in [0.29, 0.717) is 44.0 Å². The maximum Gasteiger partial charge on any atom is 0.414 e. The summed E-state index contributed by atoms with van der Waals surface area (Å²) >= 11 is 0. The van der Waals surface area contributed by atoms with Gasteiger partial charge in [0.05, 0.1) is 41.3 Å². The Morgan fingerprint density at radius 2 is 1.62 bits per heavy atom. The fourth-order valence-corrected chi connectivity index (χ4v) is 6.82. The molecule has 0 aliphatic carbocycles. The second kappa shape index (κ2) is 10.5. The van der Waals surface area contributed by atoms with E-state index in [4.69, 9.17) is 9.47 Å². The van der Waals surface area contributed by atoms with Crippen LogP contribution in [-0.2, 0) is 24.1 Å². The van der Waals surface area contributed by atoms with Gasteiger partial charge in [0.2, 0.25) is 5.91 Å². The van der Waals surface area contributed by atoms with E-state index in [1.807, 2.05) is 45.9 Å². The molecule has 0 bridgehead atoms. The molecule has 37 heavy (non-hydrogen) atoms. The summed E-state index contributed by atoms with van der Waals surface area (Å²) in [4.78, 5) is 29.3. The lowest BCUT2D eigenvalue weighted by atomic mass is 10.0. The third kappa shape index (κ3) is 6.15. The van der Waals surface area contributed by atoms with Gasteiger partial charge in [-0.3, -0.25) is 9.69 Å². The van der Waals surface area contributed by atoms with Gasteiger partial charge in [0.25, 0.3) is 0 Å². The van der Waals surface area contributed by atoms with Crippen molar-refractivity contribution < 1.29 is 27.5 Å². The minimum Gasteiger partial charge on any atom is -0.446 e. The van der Waals surface area contributed by atoms with Crippen molar-refractivity contribution in [1.82, 2.24) is 0 Å². The Balaban J connectivity index is 1.67. The minimum atomic E-state index is -3.41. The first kappa shape index (κ1) is 27.1. The van der Waals surface area contributed by atoms with Gasteiger partial charge in [-0.25, -0.2) is 13.2 Å². The molecule has 0 radical (unpaired) electrons. The molecule has 2 amide bonds. The quantitative estimate of drug-likeness (QED) is 0.551. The Bertz CT molecular complexity index is 1260. The maximum absolute atomic E-state index is 13.3. The molecule has 1 saturated heterocycles. The average molecular weight is 529 g/mol. The van der Waals surface area contributed by atoms with Crippen LogP contribution >= 0.6 is 0 Å². The summed E-state index contributed by atoms with van der Waals surface area (Å²) in [6, 6.07) is 12.2. The highest BCUT2D eigenvalue weighted by atomic mass is 32.2. The molecule has 2 aromatic carbocycles. The molecule has 2 aromatic rings. The Hall–Kier alpha value is -2.91. The van der Waals surface area contributed by atoms with Crippen molar-refractivity contribution in [2.75, 3.05) is 35.3 Å². The van der Waals surface area contributed by atoms with Gasteiger partial charge in [-0.1, -0.05) is 39.0 Å². The zero-order chi connectivity index (χ0) is 27.0. The molecule has 1 fully saturated rings. The predicted molar refractivity (Wildman–Crippen MR) is 144 cm³/mol. The second-order valence-corrected chi connectivity index (χ2v) is 13.1. The number of nitrogens with zero attached hydrogens (tertiary/aromatic N) is 2. The first-order chi connectivity index (χ1) is 17.4. The number of sulfone groups is 1. The molecule has 0 saturated carbocycles. The third-order valence-corrected chi connectivity index (χ3v) is 8.82. The zero-order valence-electron chi connectivity index (χ0n) is 22.2. The number of benzene rings is 2. The maximum atomic E-state index is 13.3. The molecule has 8 nitrogen and oxygen atoms in total. The molecule has 0 spiro atoms. The van der Waals surface area contributed by atoms with Gasteiger partial charge >= 0.3 is 6.09 Å². The van der Waals surface area contributed by atoms with Gasteiger partial charge < -0.3 is 14.4 Å².